The van der Waals surface area contributed by atoms with Gasteiger partial charge in [0.05, 0.1) is 22.8 Å². The van der Waals surface area contributed by atoms with Gasteiger partial charge in [-0.2, -0.15) is 10.2 Å². The summed E-state index contributed by atoms with van der Waals surface area (Å²) in [6, 6.07) is 10.4. The van der Waals surface area contributed by atoms with Crippen LogP contribution < -0.4 is 5.32 Å². The maximum Gasteiger partial charge on any atom is 0.277 e. The van der Waals surface area contributed by atoms with Crippen molar-refractivity contribution >= 4 is 33.1 Å². The average molecular weight is 421 g/mol. The fourth-order valence-electron chi connectivity index (χ4n) is 3.99. The highest BCUT2D eigenvalue weighted by molar-refractivity contribution is 7.16. The fraction of sp³-hybridized carbons (Fsp3) is 0.318. The highest BCUT2D eigenvalue weighted by atomic mass is 32.1. The molecule has 1 amide bonds. The molecule has 7 nitrogen and oxygen atoms in total. The Morgan fingerprint density at radius 3 is 2.80 bits per heavy atom. The Morgan fingerprint density at radius 1 is 1.20 bits per heavy atom. The van der Waals surface area contributed by atoms with Crippen LogP contribution in [0.25, 0.3) is 22.0 Å². The highest BCUT2D eigenvalue weighted by Crippen LogP contribution is 2.29. The Labute approximate surface area is 178 Å². The zero-order valence-corrected chi connectivity index (χ0v) is 17.9. The molecule has 8 heteroatoms. The molecule has 4 aromatic rings. The summed E-state index contributed by atoms with van der Waals surface area (Å²) in [5.41, 5.74) is 3.33. The maximum atomic E-state index is 12.8. The number of aryl methyl sites for hydroxylation is 1. The smallest absolute Gasteiger partial charge is 0.277 e. The lowest BCUT2D eigenvalue weighted by Gasteiger charge is -2.28. The van der Waals surface area contributed by atoms with E-state index in [0.29, 0.717) is 11.7 Å². The predicted octanol–water partition coefficient (Wildman–Crippen LogP) is 4.32. The van der Waals surface area contributed by atoms with Crippen LogP contribution in [0.1, 0.15) is 34.2 Å². The Morgan fingerprint density at radius 2 is 2.03 bits per heavy atom. The number of nitrogens with zero attached hydrogens (tertiary/aromatic N) is 4. The third-order valence-corrected chi connectivity index (χ3v) is 6.67. The molecule has 30 heavy (non-hydrogen) atoms. The topological polar surface area (TPSA) is 78.8 Å². The summed E-state index contributed by atoms with van der Waals surface area (Å²) in [7, 11) is 2.16. The number of likely N-dealkylation sites (tertiary alicyclic amines) is 1. The van der Waals surface area contributed by atoms with Crippen LogP contribution in [-0.4, -0.2) is 50.9 Å². The first-order valence-electron chi connectivity index (χ1n) is 10.2. The van der Waals surface area contributed by atoms with Crippen LogP contribution in [0.15, 0.2) is 42.7 Å². The summed E-state index contributed by atoms with van der Waals surface area (Å²) >= 11 is 1.55. The third-order valence-electron chi connectivity index (χ3n) is 5.75. The quantitative estimate of drug-likeness (QED) is 0.515. The lowest BCUT2D eigenvalue weighted by molar-refractivity contribution is 0.102. The van der Waals surface area contributed by atoms with Crippen LogP contribution in [0.4, 0.5) is 5.00 Å². The number of nitrogens with one attached hydrogen (secondary N) is 2. The number of aromatic amines is 1. The molecule has 0 bridgehead atoms. The molecule has 0 spiro atoms. The molecule has 0 saturated carbocycles. The van der Waals surface area contributed by atoms with Gasteiger partial charge in [-0.15, -0.1) is 11.3 Å². The molecule has 3 aromatic heterocycles. The number of rotatable bonds is 4. The van der Waals surface area contributed by atoms with Crippen LogP contribution in [0.5, 0.6) is 0 Å². The first kappa shape index (κ1) is 19.0. The van der Waals surface area contributed by atoms with Gasteiger partial charge < -0.3 is 10.2 Å². The van der Waals surface area contributed by atoms with Gasteiger partial charge in [0.25, 0.3) is 5.91 Å². The molecular weight excluding hydrogens is 396 g/mol. The van der Waals surface area contributed by atoms with E-state index >= 15 is 0 Å². The van der Waals surface area contributed by atoms with Crippen molar-refractivity contribution in [2.45, 2.75) is 25.8 Å². The van der Waals surface area contributed by atoms with E-state index in [1.165, 1.54) is 0 Å². The number of fused-ring (bicyclic) bond motifs is 1. The van der Waals surface area contributed by atoms with Gasteiger partial charge in [0.1, 0.15) is 0 Å². The summed E-state index contributed by atoms with van der Waals surface area (Å²) in [6.07, 6.45) is 6.26. The van der Waals surface area contributed by atoms with Crippen molar-refractivity contribution in [2.24, 2.45) is 0 Å². The van der Waals surface area contributed by atoms with Crippen molar-refractivity contribution in [3.8, 4) is 11.1 Å². The van der Waals surface area contributed by atoms with Crippen LogP contribution in [0, 0.1) is 6.92 Å². The lowest BCUT2D eigenvalue weighted by atomic mass is 10.0. The van der Waals surface area contributed by atoms with Crippen LogP contribution >= 0.6 is 11.3 Å². The van der Waals surface area contributed by atoms with Gasteiger partial charge in [0.15, 0.2) is 5.69 Å². The summed E-state index contributed by atoms with van der Waals surface area (Å²) in [5, 5.41) is 16.4. The average Bonchev–Trinajstić information content (AvgIpc) is 3.47. The fourth-order valence-corrected chi connectivity index (χ4v) is 4.75. The zero-order chi connectivity index (χ0) is 20.7. The maximum absolute atomic E-state index is 12.8. The molecule has 1 aromatic carbocycles. The normalized spacial score (nSPS) is 15.7. The summed E-state index contributed by atoms with van der Waals surface area (Å²) in [5.74, 6) is -0.206. The predicted molar refractivity (Wildman–Crippen MR) is 120 cm³/mol. The molecule has 1 aliphatic rings. The number of H-pyrrole nitrogens is 1. The number of thiophene rings is 1. The van der Waals surface area contributed by atoms with E-state index in [4.69, 9.17) is 0 Å². The van der Waals surface area contributed by atoms with E-state index in [1.54, 1.807) is 11.3 Å². The van der Waals surface area contributed by atoms with E-state index in [0.717, 1.165) is 57.8 Å². The largest absolute Gasteiger partial charge is 0.312 e. The van der Waals surface area contributed by atoms with Gasteiger partial charge in [0.2, 0.25) is 0 Å². The van der Waals surface area contributed by atoms with Gasteiger partial charge in [0, 0.05) is 22.0 Å². The molecule has 0 atom stereocenters. The van der Waals surface area contributed by atoms with Gasteiger partial charge in [-0.1, -0.05) is 6.07 Å². The Kier molecular flexibility index (Phi) is 4.88. The minimum Gasteiger partial charge on any atom is -0.312 e. The lowest BCUT2D eigenvalue weighted by Crippen LogP contribution is -2.31. The Bertz CT molecular complexity index is 1200. The van der Waals surface area contributed by atoms with Crippen molar-refractivity contribution in [3.63, 3.8) is 0 Å². The molecule has 0 radical (unpaired) electrons. The van der Waals surface area contributed by atoms with E-state index in [2.05, 4.69) is 43.4 Å². The van der Waals surface area contributed by atoms with Crippen molar-refractivity contribution in [1.82, 2.24) is 24.9 Å². The van der Waals surface area contributed by atoms with Gasteiger partial charge >= 0.3 is 0 Å². The molecule has 4 heterocycles. The molecule has 1 aliphatic heterocycles. The number of piperidine rings is 1. The number of hydrogen-bond donors (Lipinski definition) is 2. The van der Waals surface area contributed by atoms with Crippen molar-refractivity contribution in [2.75, 3.05) is 25.5 Å². The van der Waals surface area contributed by atoms with E-state index in [1.807, 2.05) is 43.5 Å². The van der Waals surface area contributed by atoms with Crippen molar-refractivity contribution in [3.05, 3.63) is 53.3 Å². The second-order valence-electron chi connectivity index (χ2n) is 7.94. The first-order chi connectivity index (χ1) is 14.6. The van der Waals surface area contributed by atoms with Crippen molar-refractivity contribution in [1.29, 1.82) is 0 Å². The summed E-state index contributed by atoms with van der Waals surface area (Å²) in [4.78, 5) is 16.3. The van der Waals surface area contributed by atoms with Crippen LogP contribution in [0.2, 0.25) is 0 Å². The summed E-state index contributed by atoms with van der Waals surface area (Å²) < 4.78 is 2.09. The zero-order valence-electron chi connectivity index (χ0n) is 17.1. The molecule has 154 valence electrons. The minimum atomic E-state index is -0.206. The SMILES string of the molecule is Cc1ccc(NC(=O)c2n[nH]c3ccc(-c4cnn(C5CCN(C)CC5)c4)cc23)s1. The number of aromatic nitrogens is 4. The van der Waals surface area contributed by atoms with E-state index in [-0.39, 0.29) is 5.91 Å². The number of anilines is 1. The van der Waals surface area contributed by atoms with E-state index in [9.17, 15) is 4.79 Å². The van der Waals surface area contributed by atoms with Gasteiger partial charge in [-0.05, 0) is 69.7 Å². The van der Waals surface area contributed by atoms with Crippen LogP contribution in [0.3, 0.4) is 0 Å². The standard InChI is InChI=1S/C22H24N6OS/c1-14-3-6-20(30-14)24-22(29)21-18-11-15(4-5-19(18)25-26-21)16-12-23-28(13-16)17-7-9-27(2)10-8-17/h3-6,11-13,17H,7-10H2,1-2H3,(H,24,29)(H,25,26). The number of benzene rings is 1. The molecule has 5 rings (SSSR count). The number of amides is 1. The number of carbonyl (C=O) groups is 1. The summed E-state index contributed by atoms with van der Waals surface area (Å²) in [6.45, 7) is 4.22. The highest BCUT2D eigenvalue weighted by Gasteiger charge is 2.20. The first-order valence-corrected chi connectivity index (χ1v) is 11.0. The number of carbonyl (C=O) groups excluding carboxylic acids is 1. The van der Waals surface area contributed by atoms with Gasteiger partial charge in [-0.3, -0.25) is 14.6 Å². The Balaban J connectivity index is 1.41. The Hall–Kier alpha value is -2.97. The number of hydrogen-bond acceptors (Lipinski definition) is 5. The molecule has 0 aliphatic carbocycles. The van der Waals surface area contributed by atoms with E-state index < -0.39 is 0 Å². The molecular formula is C22H24N6OS. The molecule has 0 unspecified atom stereocenters. The van der Waals surface area contributed by atoms with Crippen LogP contribution in [-0.2, 0) is 0 Å². The second kappa shape index (κ2) is 7.70. The van der Waals surface area contributed by atoms with Gasteiger partial charge in [-0.25, -0.2) is 0 Å². The van der Waals surface area contributed by atoms with Crippen molar-refractivity contribution < 1.29 is 4.79 Å². The second-order valence-corrected chi connectivity index (χ2v) is 9.23. The monoisotopic (exact) mass is 420 g/mol. The third kappa shape index (κ3) is 3.64. The molecule has 1 saturated heterocycles. The minimum absolute atomic E-state index is 0.206. The molecule has 1 fully saturated rings. The molecule has 2 N–H and O–H groups in total.